The van der Waals surface area contributed by atoms with Gasteiger partial charge < -0.3 is 20.7 Å². The second-order valence-corrected chi connectivity index (χ2v) is 6.45. The van der Waals surface area contributed by atoms with Crippen LogP contribution < -0.4 is 20.7 Å². The van der Waals surface area contributed by atoms with Crippen molar-refractivity contribution in [1.82, 2.24) is 5.32 Å². The maximum absolute atomic E-state index is 12.3. The summed E-state index contributed by atoms with van der Waals surface area (Å²) in [5.41, 5.74) is 1.65. The Labute approximate surface area is 156 Å². The van der Waals surface area contributed by atoms with Crippen molar-refractivity contribution in [3.63, 3.8) is 0 Å². The lowest BCUT2D eigenvalue weighted by Crippen LogP contribution is -2.28. The molecule has 7 heteroatoms. The first kappa shape index (κ1) is 18.1. The van der Waals surface area contributed by atoms with Crippen LogP contribution in [-0.4, -0.2) is 31.5 Å². The van der Waals surface area contributed by atoms with E-state index in [4.69, 9.17) is 16.3 Å². The van der Waals surface area contributed by atoms with Crippen LogP contribution in [0.15, 0.2) is 42.5 Å². The number of amides is 2. The summed E-state index contributed by atoms with van der Waals surface area (Å²) in [6, 6.07) is 12.4. The number of nitrogens with one attached hydrogen (secondary N) is 3. The van der Waals surface area contributed by atoms with Gasteiger partial charge in [-0.2, -0.15) is 0 Å². The first-order valence-electron chi connectivity index (χ1n) is 8.34. The Morgan fingerprint density at radius 3 is 2.65 bits per heavy atom. The van der Waals surface area contributed by atoms with E-state index in [1.54, 1.807) is 49.6 Å². The monoisotopic (exact) mass is 373 g/mol. The predicted octanol–water partition coefficient (Wildman–Crippen LogP) is 3.29. The summed E-state index contributed by atoms with van der Waals surface area (Å²) in [6.45, 7) is 0.0429. The molecule has 0 spiro atoms. The summed E-state index contributed by atoms with van der Waals surface area (Å²) < 4.78 is 5.10. The van der Waals surface area contributed by atoms with Crippen LogP contribution in [0.25, 0.3) is 0 Å². The molecule has 0 aliphatic heterocycles. The third-order valence-electron chi connectivity index (χ3n) is 3.96. The van der Waals surface area contributed by atoms with Gasteiger partial charge in [0.25, 0.3) is 5.91 Å². The maximum Gasteiger partial charge on any atom is 0.253 e. The van der Waals surface area contributed by atoms with Crippen molar-refractivity contribution < 1.29 is 14.3 Å². The first-order chi connectivity index (χ1) is 12.6. The third kappa shape index (κ3) is 4.67. The quantitative estimate of drug-likeness (QED) is 0.695. The molecule has 136 valence electrons. The van der Waals surface area contributed by atoms with Crippen LogP contribution in [0.1, 0.15) is 23.2 Å². The smallest absolute Gasteiger partial charge is 0.253 e. The Balaban J connectivity index is 1.59. The zero-order chi connectivity index (χ0) is 18.5. The highest BCUT2D eigenvalue weighted by Gasteiger charge is 2.24. The van der Waals surface area contributed by atoms with E-state index in [9.17, 15) is 9.59 Å². The second kappa shape index (κ2) is 8.10. The van der Waals surface area contributed by atoms with Gasteiger partial charge in [-0.1, -0.05) is 23.7 Å². The van der Waals surface area contributed by atoms with Crippen LogP contribution in [0.4, 0.5) is 11.4 Å². The van der Waals surface area contributed by atoms with Gasteiger partial charge in [-0.25, -0.2) is 0 Å². The largest absolute Gasteiger partial charge is 0.495 e. The van der Waals surface area contributed by atoms with E-state index in [1.165, 1.54) is 0 Å². The van der Waals surface area contributed by atoms with E-state index >= 15 is 0 Å². The van der Waals surface area contributed by atoms with Gasteiger partial charge in [0, 0.05) is 11.7 Å². The Morgan fingerprint density at radius 1 is 1.19 bits per heavy atom. The molecule has 6 nitrogen and oxygen atoms in total. The Kier molecular flexibility index (Phi) is 5.63. The topological polar surface area (TPSA) is 79.5 Å². The van der Waals surface area contributed by atoms with Crippen molar-refractivity contribution in [2.45, 2.75) is 18.9 Å². The van der Waals surface area contributed by atoms with Crippen LogP contribution in [0.5, 0.6) is 5.75 Å². The molecule has 0 heterocycles. The predicted molar refractivity (Wildman–Crippen MR) is 102 cm³/mol. The number of rotatable bonds is 7. The molecule has 0 atom stereocenters. The van der Waals surface area contributed by atoms with Crippen molar-refractivity contribution >= 4 is 34.8 Å². The molecule has 0 saturated heterocycles. The number of para-hydroxylation sites is 1. The zero-order valence-electron chi connectivity index (χ0n) is 14.3. The van der Waals surface area contributed by atoms with Gasteiger partial charge >= 0.3 is 0 Å². The lowest BCUT2D eigenvalue weighted by Gasteiger charge is -2.12. The molecule has 2 aromatic rings. The Morgan fingerprint density at radius 2 is 1.96 bits per heavy atom. The fourth-order valence-corrected chi connectivity index (χ4v) is 2.69. The molecule has 3 N–H and O–H groups in total. The van der Waals surface area contributed by atoms with E-state index in [0.717, 1.165) is 12.8 Å². The number of anilines is 2. The van der Waals surface area contributed by atoms with Gasteiger partial charge in [0.05, 0.1) is 29.9 Å². The highest BCUT2D eigenvalue weighted by Crippen LogP contribution is 2.27. The van der Waals surface area contributed by atoms with E-state index in [-0.39, 0.29) is 24.4 Å². The lowest BCUT2D eigenvalue weighted by atomic mass is 10.1. The van der Waals surface area contributed by atoms with Crippen molar-refractivity contribution in [2.75, 3.05) is 24.3 Å². The average Bonchev–Trinajstić information content (AvgIpc) is 3.44. The van der Waals surface area contributed by atoms with Crippen LogP contribution in [0, 0.1) is 0 Å². The molecular formula is C19H20ClN3O3. The molecular weight excluding hydrogens is 354 g/mol. The summed E-state index contributed by atoms with van der Waals surface area (Å²) >= 11 is 6.07. The second-order valence-electron chi connectivity index (χ2n) is 6.04. The molecule has 3 rings (SSSR count). The first-order valence-corrected chi connectivity index (χ1v) is 8.72. The van der Waals surface area contributed by atoms with Crippen LogP contribution in [-0.2, 0) is 4.79 Å². The van der Waals surface area contributed by atoms with Gasteiger partial charge in [-0.15, -0.1) is 0 Å². The Bertz CT molecular complexity index is 821. The van der Waals surface area contributed by atoms with E-state index in [2.05, 4.69) is 16.0 Å². The molecule has 26 heavy (non-hydrogen) atoms. The third-order valence-corrected chi connectivity index (χ3v) is 4.26. The van der Waals surface area contributed by atoms with Crippen molar-refractivity contribution in [3.05, 3.63) is 53.1 Å². The molecule has 0 radical (unpaired) electrons. The van der Waals surface area contributed by atoms with Gasteiger partial charge in [-0.3, -0.25) is 9.59 Å². The molecule has 0 aromatic heterocycles. The number of ether oxygens (including phenoxy) is 1. The molecule has 1 aliphatic rings. The fourth-order valence-electron chi connectivity index (χ4n) is 2.43. The number of carbonyl (C=O) groups excluding carboxylic acids is 2. The van der Waals surface area contributed by atoms with E-state index in [1.807, 2.05) is 0 Å². The number of carbonyl (C=O) groups is 2. The van der Waals surface area contributed by atoms with Gasteiger partial charge in [0.15, 0.2) is 0 Å². The molecule has 2 amide bonds. The van der Waals surface area contributed by atoms with Crippen LogP contribution in [0.2, 0.25) is 5.02 Å². The standard InChI is InChI=1S/C19H20ClN3O3/c1-26-17-9-8-13(10-15(17)20)21-11-18(24)23-16-5-3-2-4-14(16)19(25)22-12-6-7-12/h2-5,8-10,12,21H,6-7,11H2,1H3,(H,22,25)(H,23,24). The lowest BCUT2D eigenvalue weighted by molar-refractivity contribution is -0.114. The van der Waals surface area contributed by atoms with Crippen LogP contribution in [0.3, 0.4) is 0 Å². The van der Waals surface area contributed by atoms with Gasteiger partial charge in [0.1, 0.15) is 5.75 Å². The summed E-state index contributed by atoms with van der Waals surface area (Å²) in [5, 5.41) is 9.15. The van der Waals surface area contributed by atoms with E-state index < -0.39 is 0 Å². The van der Waals surface area contributed by atoms with Crippen molar-refractivity contribution in [2.24, 2.45) is 0 Å². The number of hydrogen-bond donors (Lipinski definition) is 3. The van der Waals surface area contributed by atoms with Crippen LogP contribution >= 0.6 is 11.6 Å². The van der Waals surface area contributed by atoms with E-state index in [0.29, 0.717) is 27.7 Å². The molecule has 1 fully saturated rings. The molecule has 0 unspecified atom stereocenters. The number of methoxy groups -OCH3 is 1. The molecule has 0 bridgehead atoms. The number of hydrogen-bond acceptors (Lipinski definition) is 4. The average molecular weight is 374 g/mol. The Hall–Kier alpha value is -2.73. The van der Waals surface area contributed by atoms with Gasteiger partial charge in [-0.05, 0) is 43.2 Å². The SMILES string of the molecule is COc1ccc(NCC(=O)Nc2ccccc2C(=O)NC2CC2)cc1Cl. The minimum absolute atomic E-state index is 0.0429. The zero-order valence-corrected chi connectivity index (χ0v) is 15.1. The minimum Gasteiger partial charge on any atom is -0.495 e. The number of halogens is 1. The molecule has 1 saturated carbocycles. The summed E-state index contributed by atoms with van der Waals surface area (Å²) in [4.78, 5) is 24.5. The highest BCUT2D eigenvalue weighted by atomic mass is 35.5. The summed E-state index contributed by atoms with van der Waals surface area (Å²) in [5.74, 6) is 0.138. The van der Waals surface area contributed by atoms with Crippen molar-refractivity contribution in [1.29, 1.82) is 0 Å². The van der Waals surface area contributed by atoms with Crippen molar-refractivity contribution in [3.8, 4) is 5.75 Å². The fraction of sp³-hybridized carbons (Fsp3) is 0.263. The molecule has 1 aliphatic carbocycles. The maximum atomic E-state index is 12.3. The minimum atomic E-state index is -0.261. The van der Waals surface area contributed by atoms with Gasteiger partial charge in [0.2, 0.25) is 5.91 Å². The summed E-state index contributed by atoms with van der Waals surface area (Å²) in [7, 11) is 1.54. The number of benzene rings is 2. The summed E-state index contributed by atoms with van der Waals surface area (Å²) in [6.07, 6.45) is 2.02. The highest BCUT2D eigenvalue weighted by molar-refractivity contribution is 6.32. The molecule has 2 aromatic carbocycles. The normalized spacial score (nSPS) is 13.0.